The van der Waals surface area contributed by atoms with Crippen LogP contribution in [0.1, 0.15) is 75.1 Å². The van der Waals surface area contributed by atoms with Gasteiger partial charge in [-0.3, -0.25) is 14.3 Å². The van der Waals surface area contributed by atoms with Gasteiger partial charge in [0.05, 0.1) is 28.7 Å². The maximum Gasteiger partial charge on any atom is 0.305 e. The lowest BCUT2D eigenvalue weighted by Gasteiger charge is -2.47. The molecule has 0 aliphatic carbocycles. The van der Waals surface area contributed by atoms with E-state index < -0.39 is 6.10 Å². The third-order valence-corrected chi connectivity index (χ3v) is 9.98. The number of aromatic hydroxyl groups is 1. The average Bonchev–Trinajstić information content (AvgIpc) is 3.61. The van der Waals surface area contributed by atoms with Crippen molar-refractivity contribution in [2.45, 2.75) is 83.0 Å². The number of aromatic amines is 1. The van der Waals surface area contributed by atoms with Gasteiger partial charge >= 0.3 is 4.87 Å². The standard InChI is InChI=1S/C32H48N6O5S/c1-24-11-16-38(35-24)22-28(41)37-19-20-43-32(23-37)12-17-36(18-13-32)15-8-6-4-2-3-5-7-14-33-21-27(40)25-9-10-26(39)29-30(25)44-31(42)34-29/h9-11,16,27,33,39-40H,2-8,12-15,17-23H2,1H3,(H,34,42)/t27-/m0/s1. The normalized spacial score (nSPS) is 17.9. The molecule has 2 saturated heterocycles. The SMILES string of the molecule is Cc1ccn(CC(=O)N2CCOC3(CCN(CCCCCCCCCNC[C@H](O)c4ccc(O)c5[nH]c(=O)sc45)CC3)C2)n1. The van der Waals surface area contributed by atoms with Crippen LogP contribution in [0.4, 0.5) is 0 Å². The predicted octanol–water partition coefficient (Wildman–Crippen LogP) is 3.55. The zero-order valence-electron chi connectivity index (χ0n) is 25.9. The highest BCUT2D eigenvalue weighted by Gasteiger charge is 2.40. The van der Waals surface area contributed by atoms with Crippen LogP contribution in [-0.4, -0.2) is 98.7 Å². The zero-order chi connectivity index (χ0) is 30.9. The molecule has 0 saturated carbocycles. The molecule has 1 spiro atoms. The first-order valence-corrected chi connectivity index (χ1v) is 17.0. The number of hydrogen-bond acceptors (Lipinski definition) is 9. The molecular formula is C32H48N6O5S. The monoisotopic (exact) mass is 628 g/mol. The number of carbonyl (C=O) groups excluding carboxylic acids is 1. The number of fused-ring (bicyclic) bond motifs is 1. The van der Waals surface area contributed by atoms with Gasteiger partial charge in [0.15, 0.2) is 0 Å². The number of carbonyl (C=O) groups is 1. The molecule has 3 aromatic rings. The molecule has 0 bridgehead atoms. The van der Waals surface area contributed by atoms with Gasteiger partial charge in [-0.25, -0.2) is 0 Å². The number of aromatic nitrogens is 3. The van der Waals surface area contributed by atoms with E-state index in [0.717, 1.165) is 62.5 Å². The minimum absolute atomic E-state index is 0.0245. The van der Waals surface area contributed by atoms with Crippen LogP contribution in [0.15, 0.2) is 29.2 Å². The van der Waals surface area contributed by atoms with Crippen molar-refractivity contribution in [3.8, 4) is 5.75 Å². The summed E-state index contributed by atoms with van der Waals surface area (Å²) in [7, 11) is 0. The Bertz CT molecular complexity index is 1410. The first-order valence-electron chi connectivity index (χ1n) is 16.2. The average molecular weight is 629 g/mol. The highest BCUT2D eigenvalue weighted by atomic mass is 32.1. The summed E-state index contributed by atoms with van der Waals surface area (Å²) in [4.78, 5) is 31.5. The van der Waals surface area contributed by atoms with Crippen molar-refractivity contribution in [2.24, 2.45) is 0 Å². The number of H-pyrrole nitrogens is 1. The van der Waals surface area contributed by atoms with E-state index >= 15 is 0 Å². The van der Waals surface area contributed by atoms with Crippen LogP contribution in [0.25, 0.3) is 10.2 Å². The maximum atomic E-state index is 12.9. The van der Waals surface area contributed by atoms with Gasteiger partial charge in [-0.2, -0.15) is 5.10 Å². The molecule has 1 atom stereocenters. The molecule has 242 valence electrons. The van der Waals surface area contributed by atoms with Crippen molar-refractivity contribution in [1.82, 2.24) is 29.9 Å². The van der Waals surface area contributed by atoms with E-state index in [1.54, 1.807) is 10.7 Å². The molecule has 2 aliphatic rings. The second-order valence-corrected chi connectivity index (χ2v) is 13.4. The van der Waals surface area contributed by atoms with Crippen LogP contribution in [0.5, 0.6) is 5.75 Å². The van der Waals surface area contributed by atoms with Crippen LogP contribution < -0.4 is 10.2 Å². The van der Waals surface area contributed by atoms with Gasteiger partial charge in [0, 0.05) is 44.5 Å². The van der Waals surface area contributed by atoms with Crippen molar-refractivity contribution in [2.75, 3.05) is 52.4 Å². The number of rotatable bonds is 15. The fourth-order valence-electron chi connectivity index (χ4n) is 6.45. The Morgan fingerprint density at radius 1 is 1.11 bits per heavy atom. The molecule has 4 heterocycles. The van der Waals surface area contributed by atoms with Gasteiger partial charge < -0.3 is 35.1 Å². The number of amides is 1. The third kappa shape index (κ3) is 8.69. The summed E-state index contributed by atoms with van der Waals surface area (Å²) in [6, 6.07) is 5.13. The lowest BCUT2D eigenvalue weighted by molar-refractivity contribution is -0.160. The molecule has 4 N–H and O–H groups in total. The van der Waals surface area contributed by atoms with Crippen molar-refractivity contribution >= 4 is 27.5 Å². The van der Waals surface area contributed by atoms with E-state index in [-0.39, 0.29) is 22.1 Å². The minimum Gasteiger partial charge on any atom is -0.506 e. The van der Waals surface area contributed by atoms with Crippen LogP contribution >= 0.6 is 11.3 Å². The molecule has 12 heteroatoms. The second-order valence-electron chi connectivity index (χ2n) is 12.4. The van der Waals surface area contributed by atoms with Gasteiger partial charge in [-0.1, -0.05) is 49.5 Å². The largest absolute Gasteiger partial charge is 0.506 e. The fraction of sp³-hybridized carbons (Fsp3) is 0.656. The Morgan fingerprint density at radius 2 is 1.86 bits per heavy atom. The highest BCUT2D eigenvalue weighted by molar-refractivity contribution is 7.16. The third-order valence-electron chi connectivity index (χ3n) is 9.05. The van der Waals surface area contributed by atoms with Crippen molar-refractivity contribution in [3.05, 3.63) is 45.3 Å². The summed E-state index contributed by atoms with van der Waals surface area (Å²) in [6.45, 7) is 8.66. The van der Waals surface area contributed by atoms with Gasteiger partial charge in [-0.15, -0.1) is 0 Å². The van der Waals surface area contributed by atoms with Crippen molar-refractivity contribution in [1.29, 1.82) is 0 Å². The van der Waals surface area contributed by atoms with E-state index in [1.807, 2.05) is 24.1 Å². The Balaban J connectivity index is 0.878. The molecule has 2 aliphatic heterocycles. The lowest BCUT2D eigenvalue weighted by Crippen LogP contribution is -2.58. The number of hydrogen-bond donors (Lipinski definition) is 4. The molecule has 0 unspecified atom stereocenters. The number of piperidine rings is 1. The number of morpholine rings is 1. The summed E-state index contributed by atoms with van der Waals surface area (Å²) in [5, 5.41) is 28.2. The molecule has 2 fully saturated rings. The number of aliphatic hydroxyl groups is 1. The summed E-state index contributed by atoms with van der Waals surface area (Å²) < 4.78 is 8.61. The van der Waals surface area contributed by atoms with E-state index in [4.69, 9.17) is 4.74 Å². The molecule has 1 aromatic carbocycles. The van der Waals surface area contributed by atoms with Crippen LogP contribution in [-0.2, 0) is 16.1 Å². The maximum absolute atomic E-state index is 12.9. The number of likely N-dealkylation sites (tertiary alicyclic amines) is 1. The number of nitrogens with one attached hydrogen (secondary N) is 2. The van der Waals surface area contributed by atoms with E-state index in [1.165, 1.54) is 44.6 Å². The summed E-state index contributed by atoms with van der Waals surface area (Å²) >= 11 is 1.01. The lowest BCUT2D eigenvalue weighted by atomic mass is 9.89. The number of benzene rings is 1. The van der Waals surface area contributed by atoms with Crippen molar-refractivity contribution < 1.29 is 19.7 Å². The smallest absolute Gasteiger partial charge is 0.305 e. The number of aliphatic hydroxyl groups excluding tert-OH is 1. The number of unbranched alkanes of at least 4 members (excludes halogenated alkanes) is 6. The molecule has 44 heavy (non-hydrogen) atoms. The molecule has 5 rings (SSSR count). The zero-order valence-corrected chi connectivity index (χ0v) is 26.7. The number of phenolic OH excluding ortho intramolecular Hbond substituents is 1. The first kappa shape index (κ1) is 32.6. The highest BCUT2D eigenvalue weighted by Crippen LogP contribution is 2.32. The van der Waals surface area contributed by atoms with Gasteiger partial charge in [0.2, 0.25) is 5.91 Å². The number of aryl methyl sites for hydroxylation is 1. The Hall–Kier alpha value is -2.77. The second kappa shape index (κ2) is 15.5. The Morgan fingerprint density at radius 3 is 2.61 bits per heavy atom. The van der Waals surface area contributed by atoms with Gasteiger partial charge in [0.1, 0.15) is 17.8 Å². The van der Waals surface area contributed by atoms with Gasteiger partial charge in [-0.05, 0) is 57.8 Å². The van der Waals surface area contributed by atoms with Gasteiger partial charge in [0.25, 0.3) is 0 Å². The quantitative estimate of drug-likeness (QED) is 0.188. The molecular weight excluding hydrogens is 580 g/mol. The molecule has 1 amide bonds. The number of ether oxygens (including phenoxy) is 1. The summed E-state index contributed by atoms with van der Waals surface area (Å²) in [5.74, 6) is 0.148. The van der Waals surface area contributed by atoms with Crippen molar-refractivity contribution in [3.63, 3.8) is 0 Å². The topological polar surface area (TPSA) is 136 Å². The summed E-state index contributed by atoms with van der Waals surface area (Å²) in [5.41, 5.74) is 1.79. The first-order chi connectivity index (χ1) is 21.3. The molecule has 11 nitrogen and oxygen atoms in total. The number of thiazole rings is 1. The Labute approximate surface area is 263 Å². The van der Waals surface area contributed by atoms with Crippen LogP contribution in [0, 0.1) is 6.92 Å². The summed E-state index contributed by atoms with van der Waals surface area (Å²) in [6.07, 6.45) is 11.5. The minimum atomic E-state index is -0.730. The Kier molecular flexibility index (Phi) is 11.5. The van der Waals surface area contributed by atoms with E-state index in [0.29, 0.717) is 48.6 Å². The van der Waals surface area contributed by atoms with E-state index in [9.17, 15) is 19.8 Å². The fourth-order valence-corrected chi connectivity index (χ4v) is 7.37. The van der Waals surface area contributed by atoms with Crippen LogP contribution in [0.2, 0.25) is 0 Å². The van der Waals surface area contributed by atoms with E-state index in [2.05, 4.69) is 20.3 Å². The number of nitrogens with zero attached hydrogens (tertiary/aromatic N) is 4. The number of phenols is 1. The predicted molar refractivity (Wildman–Crippen MR) is 172 cm³/mol. The molecule has 0 radical (unpaired) electrons. The molecule has 2 aromatic heterocycles. The van der Waals surface area contributed by atoms with Crippen LogP contribution in [0.3, 0.4) is 0 Å².